The van der Waals surface area contributed by atoms with Crippen LogP contribution in [0.3, 0.4) is 0 Å². The molecule has 1 saturated heterocycles. The highest BCUT2D eigenvalue weighted by molar-refractivity contribution is 7.13. The number of aromatic nitrogens is 2. The van der Waals surface area contributed by atoms with Crippen LogP contribution < -0.4 is 16.8 Å². The predicted molar refractivity (Wildman–Crippen MR) is 174 cm³/mol. The summed E-state index contributed by atoms with van der Waals surface area (Å²) in [7, 11) is 0. The van der Waals surface area contributed by atoms with Crippen LogP contribution in [0.15, 0.2) is 54.0 Å². The number of nitrogens with two attached hydrogens (primary N) is 2. The molecule has 232 valence electrons. The number of amides is 2. The van der Waals surface area contributed by atoms with E-state index in [0.717, 1.165) is 29.1 Å². The van der Waals surface area contributed by atoms with Gasteiger partial charge in [0, 0.05) is 41.8 Å². The molecule has 1 aliphatic heterocycles. The maximum absolute atomic E-state index is 14.0. The Hall–Kier alpha value is -2.76. The molecular formula is C31H41Cl2N7O2S. The largest absolute Gasteiger partial charge is 0.360 e. The Labute approximate surface area is 267 Å². The number of nitrogens with one attached hydrogen (secondary N) is 1. The molecule has 0 unspecified atom stereocenters. The molecule has 5 N–H and O–H groups in total. The Morgan fingerprint density at radius 2 is 1.67 bits per heavy atom. The smallest absolute Gasteiger partial charge is 0.240 e. The second kappa shape index (κ2) is 15.8. The van der Waals surface area contributed by atoms with Gasteiger partial charge in [0.2, 0.25) is 16.9 Å². The number of carbonyl (C=O) groups excluding carboxylic acids is 2. The lowest BCUT2D eigenvalue weighted by atomic mass is 9.93. The van der Waals surface area contributed by atoms with E-state index >= 15 is 0 Å². The zero-order valence-corrected chi connectivity index (χ0v) is 27.0. The highest BCUT2D eigenvalue weighted by Crippen LogP contribution is 2.27. The molecule has 3 aromatic rings. The number of hydrogen-bond acceptors (Lipinski definition) is 8. The van der Waals surface area contributed by atoms with Crippen molar-refractivity contribution in [2.45, 2.75) is 70.1 Å². The van der Waals surface area contributed by atoms with Gasteiger partial charge in [0.05, 0.1) is 12.1 Å². The zero-order valence-electron chi connectivity index (χ0n) is 24.7. The number of anilines is 1. The fraction of sp³-hybridized carbons (Fsp3) is 0.484. The molecule has 0 aliphatic carbocycles. The van der Waals surface area contributed by atoms with Gasteiger partial charge >= 0.3 is 0 Å². The first-order valence-corrected chi connectivity index (χ1v) is 16.4. The van der Waals surface area contributed by atoms with Crippen LogP contribution in [0.25, 0.3) is 0 Å². The lowest BCUT2D eigenvalue weighted by molar-refractivity contribution is -0.149. The second-order valence-corrected chi connectivity index (χ2v) is 13.3. The quantitative estimate of drug-likeness (QED) is 0.231. The van der Waals surface area contributed by atoms with Gasteiger partial charge in [-0.25, -0.2) is 0 Å². The first kappa shape index (κ1) is 33.1. The topological polar surface area (TPSA) is 130 Å². The van der Waals surface area contributed by atoms with Gasteiger partial charge in [0.15, 0.2) is 0 Å². The maximum atomic E-state index is 14.0. The third-order valence-electron chi connectivity index (χ3n) is 7.74. The van der Waals surface area contributed by atoms with Crippen molar-refractivity contribution in [2.24, 2.45) is 17.4 Å². The molecule has 0 spiro atoms. The molecule has 43 heavy (non-hydrogen) atoms. The summed E-state index contributed by atoms with van der Waals surface area (Å²) in [4.78, 5) is 31.6. The number of carbonyl (C=O) groups is 2. The van der Waals surface area contributed by atoms with E-state index in [1.54, 1.807) is 23.7 Å². The predicted octanol–water partition coefficient (Wildman–Crippen LogP) is 4.63. The Balaban J connectivity index is 1.53. The van der Waals surface area contributed by atoms with Gasteiger partial charge in [-0.1, -0.05) is 84.8 Å². The first-order chi connectivity index (χ1) is 20.6. The first-order valence-electron chi connectivity index (χ1n) is 14.7. The van der Waals surface area contributed by atoms with Crippen molar-refractivity contribution >= 4 is 51.5 Å². The molecule has 1 aliphatic rings. The highest BCUT2D eigenvalue weighted by atomic mass is 35.5. The number of rotatable bonds is 13. The van der Waals surface area contributed by atoms with Crippen molar-refractivity contribution in [1.29, 1.82) is 0 Å². The number of nitrogens with zero attached hydrogens (tertiary/aromatic N) is 4. The molecule has 1 aromatic heterocycles. The minimum atomic E-state index is -0.789. The van der Waals surface area contributed by atoms with Crippen molar-refractivity contribution in [3.63, 3.8) is 0 Å². The van der Waals surface area contributed by atoms with Crippen LogP contribution in [0.5, 0.6) is 0 Å². The van der Waals surface area contributed by atoms with Crippen LogP contribution in [0, 0.1) is 5.92 Å². The average molecular weight is 647 g/mol. The highest BCUT2D eigenvalue weighted by Gasteiger charge is 2.41. The molecule has 2 aromatic carbocycles. The molecule has 4 rings (SSSR count). The summed E-state index contributed by atoms with van der Waals surface area (Å²) in [5, 5.41) is 12.9. The van der Waals surface area contributed by atoms with E-state index in [4.69, 9.17) is 34.7 Å². The van der Waals surface area contributed by atoms with Crippen molar-refractivity contribution in [3.05, 3.63) is 75.2 Å². The van der Waals surface area contributed by atoms with Crippen LogP contribution in [0.2, 0.25) is 10.0 Å². The number of piperazine rings is 1. The standard InChI is InChI=1S/C31H41Cl2N7O2S/c1-20(2)13-25-18-39(30(42)28(35)15-22-10-11-23(32)16-26(22)33)24(9-6-12-36-31-38-37-19-43-31)17-40(25)29(41)27(34)14-21-7-4-3-5-8-21/h3-5,7-8,10-11,16,19-20,24-25,27-28H,6,9,12-15,17-18,34-35H2,1-2H3,(H,36,38)/t24-,25+,27+,28+/m0/s1. The molecule has 0 saturated carbocycles. The number of halogens is 2. The molecule has 9 nitrogen and oxygen atoms in total. The third kappa shape index (κ3) is 9.36. The van der Waals surface area contributed by atoms with Crippen LogP contribution in [0.1, 0.15) is 44.2 Å². The van der Waals surface area contributed by atoms with E-state index in [1.165, 1.54) is 11.3 Å². The molecule has 0 radical (unpaired) electrons. The van der Waals surface area contributed by atoms with Gasteiger partial charge in [0.25, 0.3) is 0 Å². The summed E-state index contributed by atoms with van der Waals surface area (Å²) in [5.41, 5.74) is 16.5. The maximum Gasteiger partial charge on any atom is 0.240 e. The van der Waals surface area contributed by atoms with Gasteiger partial charge in [-0.2, -0.15) is 0 Å². The van der Waals surface area contributed by atoms with Crippen molar-refractivity contribution in [2.75, 3.05) is 25.0 Å². The Morgan fingerprint density at radius 1 is 1.00 bits per heavy atom. The zero-order chi connectivity index (χ0) is 30.9. The third-order valence-corrected chi connectivity index (χ3v) is 8.98. The molecule has 12 heteroatoms. The Kier molecular flexibility index (Phi) is 12.2. The second-order valence-electron chi connectivity index (χ2n) is 11.6. The van der Waals surface area contributed by atoms with Crippen LogP contribution in [0.4, 0.5) is 5.13 Å². The van der Waals surface area contributed by atoms with E-state index in [9.17, 15) is 9.59 Å². The van der Waals surface area contributed by atoms with Gasteiger partial charge in [-0.15, -0.1) is 10.2 Å². The Morgan fingerprint density at radius 3 is 2.33 bits per heavy atom. The van der Waals surface area contributed by atoms with E-state index in [1.807, 2.05) is 40.1 Å². The van der Waals surface area contributed by atoms with Crippen LogP contribution >= 0.6 is 34.5 Å². The molecule has 1 fully saturated rings. The van der Waals surface area contributed by atoms with E-state index < -0.39 is 12.1 Å². The fourth-order valence-electron chi connectivity index (χ4n) is 5.66. The normalized spacial score (nSPS) is 18.5. The number of hydrogen-bond donors (Lipinski definition) is 3. The summed E-state index contributed by atoms with van der Waals surface area (Å²) >= 11 is 13.9. The summed E-state index contributed by atoms with van der Waals surface area (Å²) in [6, 6.07) is 13.2. The lowest BCUT2D eigenvalue weighted by Crippen LogP contribution is -2.65. The molecule has 0 bridgehead atoms. The van der Waals surface area contributed by atoms with E-state index in [2.05, 4.69) is 29.4 Å². The SMILES string of the molecule is CC(C)C[C@@H]1CN(C(=O)[C@H](N)Cc2ccc(Cl)cc2Cl)[C@@H](CCCNc2nncs2)CN1C(=O)[C@H](N)Cc1ccccc1. The molecule has 4 atom stereocenters. The minimum Gasteiger partial charge on any atom is -0.360 e. The van der Waals surface area contributed by atoms with Gasteiger partial charge < -0.3 is 26.6 Å². The summed E-state index contributed by atoms with van der Waals surface area (Å²) in [6.45, 7) is 5.71. The minimum absolute atomic E-state index is 0.0872. The van der Waals surface area contributed by atoms with E-state index in [-0.39, 0.29) is 30.3 Å². The van der Waals surface area contributed by atoms with Gasteiger partial charge in [-0.3, -0.25) is 9.59 Å². The monoisotopic (exact) mass is 645 g/mol. The summed E-state index contributed by atoms with van der Waals surface area (Å²) in [5.74, 6) is 0.0789. The number of benzene rings is 2. The lowest BCUT2D eigenvalue weighted by Gasteiger charge is -2.48. The summed E-state index contributed by atoms with van der Waals surface area (Å²) < 4.78 is 0. The van der Waals surface area contributed by atoms with Crippen molar-refractivity contribution in [3.8, 4) is 0 Å². The Bertz CT molecular complexity index is 1330. The molecular weight excluding hydrogens is 605 g/mol. The van der Waals surface area contributed by atoms with Crippen LogP contribution in [-0.2, 0) is 22.4 Å². The van der Waals surface area contributed by atoms with Crippen molar-refractivity contribution in [1.82, 2.24) is 20.0 Å². The average Bonchev–Trinajstić information content (AvgIpc) is 3.50. The van der Waals surface area contributed by atoms with Crippen molar-refractivity contribution < 1.29 is 9.59 Å². The summed E-state index contributed by atoms with van der Waals surface area (Å²) in [6.07, 6.45) is 2.93. The fourth-order valence-corrected chi connectivity index (χ4v) is 6.62. The van der Waals surface area contributed by atoms with Gasteiger partial charge in [0.1, 0.15) is 5.51 Å². The molecule has 2 heterocycles. The van der Waals surface area contributed by atoms with Crippen LogP contribution in [-0.4, -0.2) is 75.6 Å². The molecule has 2 amide bonds. The van der Waals surface area contributed by atoms with Gasteiger partial charge in [-0.05, 0) is 61.3 Å². The van der Waals surface area contributed by atoms with E-state index in [0.29, 0.717) is 48.4 Å².